The molecular formula is C36H34O4. The van der Waals surface area contributed by atoms with Gasteiger partial charge in [0.25, 0.3) is 0 Å². The number of aliphatic hydroxyl groups excluding tert-OH is 1. The van der Waals surface area contributed by atoms with E-state index in [4.69, 9.17) is 14.2 Å². The number of aliphatic hydroxyl groups is 1. The van der Waals surface area contributed by atoms with E-state index in [2.05, 4.69) is 60.7 Å². The van der Waals surface area contributed by atoms with Crippen LogP contribution in [0.25, 0.3) is 11.1 Å². The van der Waals surface area contributed by atoms with Crippen molar-refractivity contribution in [1.82, 2.24) is 0 Å². The van der Waals surface area contributed by atoms with Crippen molar-refractivity contribution < 1.29 is 19.3 Å². The van der Waals surface area contributed by atoms with Crippen molar-refractivity contribution in [2.45, 2.75) is 18.6 Å². The van der Waals surface area contributed by atoms with Crippen LogP contribution in [0, 0.1) is 0 Å². The number of rotatable bonds is 11. The molecule has 4 heteroatoms. The Hall–Kier alpha value is -4.38. The van der Waals surface area contributed by atoms with Crippen molar-refractivity contribution in [3.05, 3.63) is 155 Å². The van der Waals surface area contributed by atoms with Crippen LogP contribution < -0.4 is 9.47 Å². The SMILES string of the molecule is COc1ccc(C(OCCc2ccc(-c3ccc(CO)cc3)cc2)(c2ccccc2)c2ccc(OC)cc2)cc1. The van der Waals surface area contributed by atoms with Gasteiger partial charge in [0.05, 0.1) is 27.4 Å². The molecule has 5 aromatic rings. The highest BCUT2D eigenvalue weighted by atomic mass is 16.5. The maximum absolute atomic E-state index is 9.32. The summed E-state index contributed by atoms with van der Waals surface area (Å²) in [7, 11) is 3.35. The van der Waals surface area contributed by atoms with Crippen LogP contribution in [0.5, 0.6) is 11.5 Å². The maximum atomic E-state index is 9.32. The molecule has 5 rings (SSSR count). The van der Waals surface area contributed by atoms with E-state index in [1.54, 1.807) is 14.2 Å². The van der Waals surface area contributed by atoms with E-state index in [1.165, 1.54) is 5.56 Å². The second kappa shape index (κ2) is 12.6. The summed E-state index contributed by atoms with van der Waals surface area (Å²) in [5, 5.41) is 9.32. The van der Waals surface area contributed by atoms with E-state index in [9.17, 15) is 5.11 Å². The Morgan fingerprint density at radius 3 is 1.43 bits per heavy atom. The first-order chi connectivity index (χ1) is 19.7. The van der Waals surface area contributed by atoms with Gasteiger partial charge in [-0.15, -0.1) is 0 Å². The molecule has 0 unspecified atom stereocenters. The third-order valence-corrected chi connectivity index (χ3v) is 7.31. The predicted octanol–water partition coefficient (Wildman–Crippen LogP) is 7.41. The van der Waals surface area contributed by atoms with Gasteiger partial charge in [0.1, 0.15) is 17.1 Å². The molecule has 40 heavy (non-hydrogen) atoms. The molecule has 202 valence electrons. The number of hydrogen-bond donors (Lipinski definition) is 1. The first kappa shape index (κ1) is 27.2. The molecular weight excluding hydrogens is 496 g/mol. The summed E-state index contributed by atoms with van der Waals surface area (Å²) >= 11 is 0. The third kappa shape index (κ3) is 5.79. The molecule has 0 spiro atoms. The molecule has 4 nitrogen and oxygen atoms in total. The first-order valence-electron chi connectivity index (χ1n) is 13.4. The van der Waals surface area contributed by atoms with Crippen molar-refractivity contribution in [1.29, 1.82) is 0 Å². The summed E-state index contributed by atoms with van der Waals surface area (Å²) in [6, 6.07) is 43.2. The minimum Gasteiger partial charge on any atom is -0.497 e. The highest BCUT2D eigenvalue weighted by Crippen LogP contribution is 2.41. The number of hydrogen-bond acceptors (Lipinski definition) is 4. The molecule has 0 amide bonds. The Balaban J connectivity index is 1.45. The average Bonchev–Trinajstić information content (AvgIpc) is 3.04. The minimum absolute atomic E-state index is 0.0523. The van der Waals surface area contributed by atoms with E-state index >= 15 is 0 Å². The Kier molecular flexibility index (Phi) is 8.60. The van der Waals surface area contributed by atoms with E-state index in [0.717, 1.165) is 51.3 Å². The zero-order valence-corrected chi connectivity index (χ0v) is 22.9. The predicted molar refractivity (Wildman–Crippen MR) is 160 cm³/mol. The van der Waals surface area contributed by atoms with Crippen LogP contribution in [0.15, 0.2) is 127 Å². The van der Waals surface area contributed by atoms with Crippen LogP contribution in [0.1, 0.15) is 27.8 Å². The maximum Gasteiger partial charge on any atom is 0.143 e. The summed E-state index contributed by atoms with van der Waals surface area (Å²) in [5.41, 5.74) is 6.64. The quantitative estimate of drug-likeness (QED) is 0.181. The zero-order valence-electron chi connectivity index (χ0n) is 22.9. The van der Waals surface area contributed by atoms with E-state index in [-0.39, 0.29) is 6.61 Å². The largest absolute Gasteiger partial charge is 0.497 e. The lowest BCUT2D eigenvalue weighted by Crippen LogP contribution is -2.33. The van der Waals surface area contributed by atoms with Gasteiger partial charge in [-0.25, -0.2) is 0 Å². The van der Waals surface area contributed by atoms with Crippen LogP contribution in [0.4, 0.5) is 0 Å². The van der Waals surface area contributed by atoms with Gasteiger partial charge in [-0.3, -0.25) is 0 Å². The summed E-state index contributed by atoms with van der Waals surface area (Å²) in [6.07, 6.45) is 0.755. The Morgan fingerprint density at radius 2 is 0.975 bits per heavy atom. The van der Waals surface area contributed by atoms with Crippen LogP contribution in [0.2, 0.25) is 0 Å². The van der Waals surface area contributed by atoms with Crippen LogP contribution in [-0.4, -0.2) is 25.9 Å². The molecule has 0 aliphatic rings. The van der Waals surface area contributed by atoms with Crippen LogP contribution in [-0.2, 0) is 23.4 Å². The molecule has 0 radical (unpaired) electrons. The fraction of sp³-hybridized carbons (Fsp3) is 0.167. The smallest absolute Gasteiger partial charge is 0.143 e. The standard InChI is InChI=1S/C36H34O4/c1-38-34-20-16-32(17-21-34)36(31-6-4-3-5-7-31,33-18-22-35(39-2)23-19-33)40-25-24-27-8-12-29(13-9-27)30-14-10-28(26-37)11-15-30/h3-23,37H,24-26H2,1-2H3. The lowest BCUT2D eigenvalue weighted by molar-refractivity contribution is 0.0147. The summed E-state index contributed by atoms with van der Waals surface area (Å²) in [6.45, 7) is 0.564. The van der Waals surface area contributed by atoms with Crippen molar-refractivity contribution >= 4 is 0 Å². The summed E-state index contributed by atoms with van der Waals surface area (Å²) < 4.78 is 17.9. The molecule has 0 aliphatic carbocycles. The zero-order chi connectivity index (χ0) is 27.8. The van der Waals surface area contributed by atoms with Gasteiger partial charge in [0, 0.05) is 0 Å². The minimum atomic E-state index is -0.825. The molecule has 0 saturated carbocycles. The molecule has 1 N–H and O–H groups in total. The van der Waals surface area contributed by atoms with Gasteiger partial charge in [-0.2, -0.15) is 0 Å². The van der Waals surface area contributed by atoms with Gasteiger partial charge in [0.15, 0.2) is 0 Å². The van der Waals surface area contributed by atoms with Crippen LogP contribution in [0.3, 0.4) is 0 Å². The van der Waals surface area contributed by atoms with E-state index < -0.39 is 5.60 Å². The third-order valence-electron chi connectivity index (χ3n) is 7.31. The van der Waals surface area contributed by atoms with Crippen molar-refractivity contribution in [3.63, 3.8) is 0 Å². The van der Waals surface area contributed by atoms with Crippen LogP contribution >= 0.6 is 0 Å². The van der Waals surface area contributed by atoms with Gasteiger partial charge in [-0.05, 0) is 69.6 Å². The fourth-order valence-electron chi connectivity index (χ4n) is 5.06. The fourth-order valence-corrected chi connectivity index (χ4v) is 5.06. The highest BCUT2D eigenvalue weighted by molar-refractivity contribution is 5.64. The molecule has 0 aliphatic heterocycles. The lowest BCUT2D eigenvalue weighted by Gasteiger charge is -2.36. The number of methoxy groups -OCH3 is 2. The number of benzene rings is 5. The highest BCUT2D eigenvalue weighted by Gasteiger charge is 2.37. The topological polar surface area (TPSA) is 47.9 Å². The van der Waals surface area contributed by atoms with E-state index in [0.29, 0.717) is 6.61 Å². The van der Waals surface area contributed by atoms with Crippen molar-refractivity contribution in [2.24, 2.45) is 0 Å². The molecule has 0 bridgehead atoms. The number of ether oxygens (including phenoxy) is 3. The Bertz CT molecular complexity index is 1430. The van der Waals surface area contributed by atoms with Gasteiger partial charge in [0.2, 0.25) is 0 Å². The summed E-state index contributed by atoms with van der Waals surface area (Å²) in [4.78, 5) is 0. The molecule has 0 atom stereocenters. The monoisotopic (exact) mass is 530 g/mol. The Labute approximate surface area is 236 Å². The molecule has 0 heterocycles. The normalized spacial score (nSPS) is 11.3. The summed E-state index contributed by atoms with van der Waals surface area (Å²) in [5.74, 6) is 1.60. The van der Waals surface area contributed by atoms with Gasteiger partial charge < -0.3 is 19.3 Å². The first-order valence-corrected chi connectivity index (χ1v) is 13.4. The van der Waals surface area contributed by atoms with Crippen molar-refractivity contribution in [3.8, 4) is 22.6 Å². The van der Waals surface area contributed by atoms with E-state index in [1.807, 2.05) is 66.7 Å². The lowest BCUT2D eigenvalue weighted by atomic mass is 9.80. The van der Waals surface area contributed by atoms with Gasteiger partial charge in [-0.1, -0.05) is 103 Å². The second-order valence-corrected chi connectivity index (χ2v) is 9.65. The average molecular weight is 531 g/mol. The molecule has 0 fully saturated rings. The van der Waals surface area contributed by atoms with Crippen molar-refractivity contribution in [2.75, 3.05) is 20.8 Å². The molecule has 5 aromatic carbocycles. The molecule has 0 saturated heterocycles. The van der Waals surface area contributed by atoms with Gasteiger partial charge >= 0.3 is 0 Å². The Morgan fingerprint density at radius 1 is 0.525 bits per heavy atom. The molecule has 0 aromatic heterocycles. The second-order valence-electron chi connectivity index (χ2n) is 9.65.